The molecule has 4 aromatic rings. The quantitative estimate of drug-likeness (QED) is 0.337. The van der Waals surface area contributed by atoms with Crippen LogP contribution in [0.5, 0.6) is 11.5 Å². The molecule has 0 amide bonds. The van der Waals surface area contributed by atoms with Crippen molar-refractivity contribution in [3.63, 3.8) is 0 Å². The van der Waals surface area contributed by atoms with E-state index in [1.165, 1.54) is 13.3 Å². The lowest BCUT2D eigenvalue weighted by Crippen LogP contribution is -2.12. The van der Waals surface area contributed by atoms with E-state index in [9.17, 15) is 13.2 Å². The number of hydrogen-bond acceptors (Lipinski definition) is 5. The van der Waals surface area contributed by atoms with Gasteiger partial charge in [0, 0.05) is 16.1 Å². The van der Waals surface area contributed by atoms with Gasteiger partial charge in [-0.1, -0.05) is 39.7 Å². The molecular weight excluding hydrogens is 482 g/mol. The summed E-state index contributed by atoms with van der Waals surface area (Å²) in [6.45, 7) is 1.89. The molecule has 0 aliphatic heterocycles. The molecule has 0 aliphatic carbocycles. The van der Waals surface area contributed by atoms with Crippen LogP contribution in [-0.4, -0.2) is 25.5 Å². The van der Waals surface area contributed by atoms with Gasteiger partial charge in [-0.15, -0.1) is 0 Å². The van der Waals surface area contributed by atoms with E-state index < -0.39 is 16.0 Å². The number of aromatic nitrogens is 1. The molecule has 1 aromatic heterocycles. The molecule has 0 saturated heterocycles. The van der Waals surface area contributed by atoms with Crippen molar-refractivity contribution >= 4 is 42.8 Å². The number of nitrogens with zero attached hydrogens (tertiary/aromatic N) is 1. The number of hydrogen-bond donors (Lipinski definition) is 0. The number of benzene rings is 3. The van der Waals surface area contributed by atoms with Crippen molar-refractivity contribution in [1.82, 2.24) is 3.97 Å². The molecule has 6 nitrogen and oxygen atoms in total. The van der Waals surface area contributed by atoms with E-state index in [0.717, 1.165) is 14.0 Å². The third-order valence-electron chi connectivity index (χ3n) is 4.79. The van der Waals surface area contributed by atoms with Gasteiger partial charge in [0.15, 0.2) is 0 Å². The molecular formula is C23H18BrNO5S. The average molecular weight is 500 g/mol. The Bertz CT molecular complexity index is 1390. The lowest BCUT2D eigenvalue weighted by Gasteiger charge is -2.13. The van der Waals surface area contributed by atoms with Gasteiger partial charge in [0.1, 0.15) is 17.1 Å². The second-order valence-corrected chi connectivity index (χ2v) is 9.58. The third kappa shape index (κ3) is 3.96. The molecule has 0 saturated carbocycles. The highest BCUT2D eigenvalue weighted by Gasteiger charge is 2.24. The van der Waals surface area contributed by atoms with Crippen molar-refractivity contribution < 1.29 is 22.7 Å². The highest BCUT2D eigenvalue weighted by molar-refractivity contribution is 9.10. The molecule has 0 atom stereocenters. The fraction of sp³-hybridized carbons (Fsp3) is 0.0870. The maximum Gasteiger partial charge on any atom is 0.342 e. The third-order valence-corrected chi connectivity index (χ3v) is 6.99. The molecule has 0 radical (unpaired) electrons. The molecule has 0 bridgehead atoms. The van der Waals surface area contributed by atoms with E-state index in [1.54, 1.807) is 60.7 Å². The first-order valence-electron chi connectivity index (χ1n) is 9.29. The predicted molar refractivity (Wildman–Crippen MR) is 121 cm³/mol. The van der Waals surface area contributed by atoms with E-state index in [4.69, 9.17) is 9.47 Å². The minimum absolute atomic E-state index is 0.151. The van der Waals surface area contributed by atoms with Crippen LogP contribution in [0.2, 0.25) is 0 Å². The van der Waals surface area contributed by atoms with Gasteiger partial charge in [0.05, 0.1) is 17.5 Å². The van der Waals surface area contributed by atoms with Crippen molar-refractivity contribution in [3.8, 4) is 11.5 Å². The second kappa shape index (κ2) is 8.20. The SMILES string of the molecule is COC(=O)c1c(Oc2cccc(Br)c2)ccc2c1ccn2S(=O)(=O)c1ccc(C)cc1. The van der Waals surface area contributed by atoms with Crippen LogP contribution in [0.4, 0.5) is 0 Å². The number of ether oxygens (including phenoxy) is 2. The van der Waals surface area contributed by atoms with E-state index in [1.807, 2.05) is 13.0 Å². The fourth-order valence-electron chi connectivity index (χ4n) is 3.26. The summed E-state index contributed by atoms with van der Waals surface area (Å²) in [7, 11) is -2.58. The zero-order valence-electron chi connectivity index (χ0n) is 16.7. The van der Waals surface area contributed by atoms with Crippen LogP contribution in [0.1, 0.15) is 15.9 Å². The summed E-state index contributed by atoms with van der Waals surface area (Å²) in [4.78, 5) is 12.8. The second-order valence-electron chi connectivity index (χ2n) is 6.85. The van der Waals surface area contributed by atoms with Gasteiger partial charge in [-0.25, -0.2) is 17.2 Å². The summed E-state index contributed by atoms with van der Waals surface area (Å²) in [6.07, 6.45) is 1.43. The van der Waals surface area contributed by atoms with Crippen LogP contribution >= 0.6 is 15.9 Å². The summed E-state index contributed by atoms with van der Waals surface area (Å²) in [5, 5.41) is 0.412. The number of halogens is 1. The van der Waals surface area contributed by atoms with Crippen LogP contribution in [0.3, 0.4) is 0 Å². The van der Waals surface area contributed by atoms with E-state index in [2.05, 4.69) is 15.9 Å². The van der Waals surface area contributed by atoms with Crippen molar-refractivity contribution in [3.05, 3.63) is 88.5 Å². The molecule has 158 valence electrons. The first-order valence-corrected chi connectivity index (χ1v) is 11.5. The van der Waals surface area contributed by atoms with Gasteiger partial charge in [-0.05, 0) is 55.5 Å². The van der Waals surface area contributed by atoms with Crippen LogP contribution in [0.15, 0.2) is 82.3 Å². The zero-order chi connectivity index (χ0) is 22.2. The molecule has 0 spiro atoms. The van der Waals surface area contributed by atoms with E-state index >= 15 is 0 Å². The molecule has 8 heteroatoms. The molecule has 0 N–H and O–H groups in total. The highest BCUT2D eigenvalue weighted by atomic mass is 79.9. The normalized spacial score (nSPS) is 11.5. The largest absolute Gasteiger partial charge is 0.465 e. The summed E-state index contributed by atoms with van der Waals surface area (Å²) in [6, 6.07) is 18.5. The van der Waals surface area contributed by atoms with Crippen LogP contribution in [0.25, 0.3) is 10.9 Å². The number of esters is 1. The Morgan fingerprint density at radius 3 is 2.42 bits per heavy atom. The maximum atomic E-state index is 13.2. The van der Waals surface area contributed by atoms with Crippen LogP contribution in [-0.2, 0) is 14.8 Å². The Labute approximate surface area is 188 Å². The van der Waals surface area contributed by atoms with Gasteiger partial charge in [-0.3, -0.25) is 0 Å². The number of methoxy groups -OCH3 is 1. The molecule has 31 heavy (non-hydrogen) atoms. The number of carbonyl (C=O) groups is 1. The van der Waals surface area contributed by atoms with Gasteiger partial charge in [0.25, 0.3) is 10.0 Å². The van der Waals surface area contributed by atoms with Crippen molar-refractivity contribution in [1.29, 1.82) is 0 Å². The minimum atomic E-state index is -3.85. The minimum Gasteiger partial charge on any atom is -0.465 e. The van der Waals surface area contributed by atoms with E-state index in [-0.39, 0.29) is 16.2 Å². The number of fused-ring (bicyclic) bond motifs is 1. The molecule has 0 aliphatic rings. The topological polar surface area (TPSA) is 74.6 Å². The van der Waals surface area contributed by atoms with Gasteiger partial charge in [-0.2, -0.15) is 0 Å². The smallest absolute Gasteiger partial charge is 0.342 e. The molecule has 3 aromatic carbocycles. The lowest BCUT2D eigenvalue weighted by molar-refractivity contribution is 0.0600. The Hall–Kier alpha value is -3.10. The van der Waals surface area contributed by atoms with Crippen molar-refractivity contribution in [2.75, 3.05) is 7.11 Å². The number of rotatable bonds is 5. The summed E-state index contributed by atoms with van der Waals surface area (Å²) >= 11 is 3.39. The Balaban J connectivity index is 1.87. The Morgan fingerprint density at radius 1 is 1.00 bits per heavy atom. The van der Waals surface area contributed by atoms with Gasteiger partial charge < -0.3 is 9.47 Å². The van der Waals surface area contributed by atoms with Gasteiger partial charge >= 0.3 is 5.97 Å². The molecule has 0 fully saturated rings. The van der Waals surface area contributed by atoms with Crippen molar-refractivity contribution in [2.45, 2.75) is 11.8 Å². The van der Waals surface area contributed by atoms with Crippen molar-refractivity contribution in [2.24, 2.45) is 0 Å². The first kappa shape index (κ1) is 21.1. The first-order chi connectivity index (χ1) is 14.8. The van der Waals surface area contributed by atoms with Crippen LogP contribution in [0, 0.1) is 6.92 Å². The molecule has 1 heterocycles. The zero-order valence-corrected chi connectivity index (χ0v) is 19.1. The Kier molecular flexibility index (Phi) is 5.60. The fourth-order valence-corrected chi connectivity index (χ4v) is 4.99. The predicted octanol–water partition coefficient (Wildman–Crippen LogP) is 5.53. The summed E-state index contributed by atoms with van der Waals surface area (Å²) in [5.41, 5.74) is 1.46. The van der Waals surface area contributed by atoms with Crippen LogP contribution < -0.4 is 4.74 Å². The Morgan fingerprint density at radius 2 is 1.74 bits per heavy atom. The standard InChI is InChI=1S/C23H18BrNO5S/c1-15-6-8-18(9-7-15)31(27,28)25-13-12-19-20(25)10-11-21(22(19)23(26)29-2)30-17-5-3-4-16(24)14-17/h3-14H,1-2H3. The lowest BCUT2D eigenvalue weighted by atomic mass is 10.1. The monoisotopic (exact) mass is 499 g/mol. The highest BCUT2D eigenvalue weighted by Crippen LogP contribution is 2.34. The molecule has 0 unspecified atom stereocenters. The molecule has 4 rings (SSSR count). The number of aryl methyl sites for hydroxylation is 1. The van der Waals surface area contributed by atoms with Gasteiger partial charge in [0.2, 0.25) is 0 Å². The summed E-state index contributed by atoms with van der Waals surface area (Å²) < 4.78 is 39.2. The number of carbonyl (C=O) groups excluding carboxylic acids is 1. The summed E-state index contributed by atoms with van der Waals surface area (Å²) in [5.74, 6) is 0.162. The average Bonchev–Trinajstić information content (AvgIpc) is 3.18. The maximum absolute atomic E-state index is 13.2. The van der Waals surface area contributed by atoms with E-state index in [0.29, 0.717) is 16.7 Å².